The molecule has 0 radical (unpaired) electrons. The molecule has 0 saturated heterocycles. The number of aliphatic hydroxyl groups is 1. The second-order valence-electron chi connectivity index (χ2n) is 5.30. The largest absolute Gasteiger partial charge is 0.496 e. The number of carboxylic acids is 1. The monoisotopic (exact) mass is 278 g/mol. The van der Waals surface area contributed by atoms with Gasteiger partial charge >= 0.3 is 5.97 Å². The number of fused-ring (bicyclic) bond motifs is 1. The summed E-state index contributed by atoms with van der Waals surface area (Å²) < 4.78 is 11.1. The van der Waals surface area contributed by atoms with E-state index in [1.54, 1.807) is 33.1 Å². The average molecular weight is 278 g/mol. The van der Waals surface area contributed by atoms with Crippen LogP contribution in [0, 0.1) is 0 Å². The van der Waals surface area contributed by atoms with Crippen LogP contribution in [0.4, 0.5) is 0 Å². The van der Waals surface area contributed by atoms with Crippen LogP contribution in [0.15, 0.2) is 18.2 Å². The SMILES string of the molecule is COc1ccc(/C=C\C(=O)O)c2c1CC(C(C)(C)O)O2. The smallest absolute Gasteiger partial charge is 0.328 e. The molecule has 0 fully saturated rings. The zero-order valence-corrected chi connectivity index (χ0v) is 11.7. The van der Waals surface area contributed by atoms with E-state index in [9.17, 15) is 9.90 Å². The Morgan fingerprint density at radius 1 is 1.50 bits per heavy atom. The molecular weight excluding hydrogens is 260 g/mol. The minimum Gasteiger partial charge on any atom is -0.496 e. The highest BCUT2D eigenvalue weighted by Crippen LogP contribution is 2.41. The highest BCUT2D eigenvalue weighted by atomic mass is 16.5. The van der Waals surface area contributed by atoms with E-state index >= 15 is 0 Å². The number of hydrogen-bond donors (Lipinski definition) is 2. The fourth-order valence-electron chi connectivity index (χ4n) is 2.21. The molecule has 1 unspecified atom stereocenters. The van der Waals surface area contributed by atoms with Crippen molar-refractivity contribution in [3.05, 3.63) is 29.3 Å². The first-order chi connectivity index (χ1) is 9.32. The average Bonchev–Trinajstić information content (AvgIpc) is 2.80. The molecule has 5 heteroatoms. The molecule has 2 N–H and O–H groups in total. The van der Waals surface area contributed by atoms with Gasteiger partial charge in [-0.25, -0.2) is 4.79 Å². The van der Waals surface area contributed by atoms with Crippen LogP contribution in [0.2, 0.25) is 0 Å². The first-order valence-electron chi connectivity index (χ1n) is 6.33. The van der Waals surface area contributed by atoms with Crippen LogP contribution in [0.3, 0.4) is 0 Å². The lowest BCUT2D eigenvalue weighted by atomic mass is 9.96. The zero-order chi connectivity index (χ0) is 14.9. The standard InChI is InChI=1S/C15H18O5/c1-15(2,18)12-8-10-11(19-3)6-4-9(14(10)20-12)5-7-13(16)17/h4-7,12,18H,8H2,1-3H3,(H,16,17)/b7-5-. The van der Waals surface area contributed by atoms with Crippen molar-refractivity contribution in [2.24, 2.45) is 0 Å². The summed E-state index contributed by atoms with van der Waals surface area (Å²) in [7, 11) is 1.57. The lowest BCUT2D eigenvalue weighted by Crippen LogP contribution is -2.39. The highest BCUT2D eigenvalue weighted by Gasteiger charge is 2.37. The Bertz CT molecular complexity index is 554. The number of methoxy groups -OCH3 is 1. The number of hydrogen-bond acceptors (Lipinski definition) is 4. The fourth-order valence-corrected chi connectivity index (χ4v) is 2.21. The van der Waals surface area contributed by atoms with Crippen molar-refractivity contribution >= 4 is 12.0 Å². The van der Waals surface area contributed by atoms with E-state index in [4.69, 9.17) is 14.6 Å². The summed E-state index contributed by atoms with van der Waals surface area (Å²) in [5.41, 5.74) is 0.528. The number of ether oxygens (including phenoxy) is 2. The van der Waals surface area contributed by atoms with Crippen molar-refractivity contribution in [1.82, 2.24) is 0 Å². The van der Waals surface area contributed by atoms with Gasteiger partial charge in [-0.05, 0) is 32.1 Å². The fraction of sp³-hybridized carbons (Fsp3) is 0.400. The Morgan fingerprint density at radius 3 is 2.75 bits per heavy atom. The molecule has 1 aliphatic heterocycles. The van der Waals surface area contributed by atoms with Crippen molar-refractivity contribution in [2.45, 2.75) is 32.0 Å². The van der Waals surface area contributed by atoms with Gasteiger partial charge in [0.1, 0.15) is 17.6 Å². The van der Waals surface area contributed by atoms with E-state index < -0.39 is 11.6 Å². The highest BCUT2D eigenvalue weighted by molar-refractivity contribution is 5.86. The lowest BCUT2D eigenvalue weighted by Gasteiger charge is -2.24. The summed E-state index contributed by atoms with van der Waals surface area (Å²) in [4.78, 5) is 10.6. The third-order valence-corrected chi connectivity index (χ3v) is 3.31. The molecule has 108 valence electrons. The molecule has 0 saturated carbocycles. The Labute approximate surface area is 117 Å². The summed E-state index contributed by atoms with van der Waals surface area (Å²) in [6, 6.07) is 3.51. The molecule has 0 spiro atoms. The maximum atomic E-state index is 10.6. The predicted octanol–water partition coefficient (Wildman–Crippen LogP) is 1.87. The molecule has 5 nitrogen and oxygen atoms in total. The second-order valence-corrected chi connectivity index (χ2v) is 5.30. The number of aliphatic carboxylic acids is 1. The lowest BCUT2D eigenvalue weighted by molar-refractivity contribution is -0.131. The van der Waals surface area contributed by atoms with E-state index in [0.717, 1.165) is 11.6 Å². The first-order valence-corrected chi connectivity index (χ1v) is 6.33. The quantitative estimate of drug-likeness (QED) is 0.822. The van der Waals surface area contributed by atoms with E-state index in [-0.39, 0.29) is 6.10 Å². The van der Waals surface area contributed by atoms with Crippen LogP contribution in [-0.4, -0.2) is 35.0 Å². The van der Waals surface area contributed by atoms with Crippen LogP contribution in [0.5, 0.6) is 11.5 Å². The van der Waals surface area contributed by atoms with Gasteiger partial charge in [0.05, 0.1) is 12.7 Å². The van der Waals surface area contributed by atoms with Gasteiger partial charge in [-0.2, -0.15) is 0 Å². The van der Waals surface area contributed by atoms with Crippen LogP contribution in [0.1, 0.15) is 25.0 Å². The van der Waals surface area contributed by atoms with Crippen molar-refractivity contribution in [1.29, 1.82) is 0 Å². The van der Waals surface area contributed by atoms with Gasteiger partial charge in [0.25, 0.3) is 0 Å². The Balaban J connectivity index is 2.42. The number of carboxylic acid groups (broad SMARTS) is 1. The van der Waals surface area contributed by atoms with Gasteiger partial charge in [-0.1, -0.05) is 0 Å². The van der Waals surface area contributed by atoms with Gasteiger partial charge in [0.15, 0.2) is 0 Å². The van der Waals surface area contributed by atoms with Crippen LogP contribution in [-0.2, 0) is 11.2 Å². The first kappa shape index (κ1) is 14.4. The summed E-state index contributed by atoms with van der Waals surface area (Å²) in [5, 5.41) is 18.8. The van der Waals surface area contributed by atoms with Crippen molar-refractivity contribution in [2.75, 3.05) is 7.11 Å². The molecule has 1 aromatic carbocycles. The van der Waals surface area contributed by atoms with Crippen molar-refractivity contribution in [3.63, 3.8) is 0 Å². The van der Waals surface area contributed by atoms with Gasteiger partial charge in [-0.15, -0.1) is 0 Å². The van der Waals surface area contributed by atoms with E-state index in [0.29, 0.717) is 23.5 Å². The molecule has 1 aliphatic rings. The molecule has 2 rings (SSSR count). The topological polar surface area (TPSA) is 76.0 Å². The number of carbonyl (C=O) groups is 1. The molecule has 20 heavy (non-hydrogen) atoms. The minimum atomic E-state index is -1.02. The van der Waals surface area contributed by atoms with E-state index in [1.165, 1.54) is 6.08 Å². The summed E-state index contributed by atoms with van der Waals surface area (Å²) in [5.74, 6) is 0.236. The Hall–Kier alpha value is -2.01. The molecule has 0 aromatic heterocycles. The molecule has 1 atom stereocenters. The van der Waals surface area contributed by atoms with Gasteiger partial charge in [0.2, 0.25) is 0 Å². The third kappa shape index (κ3) is 2.77. The maximum Gasteiger partial charge on any atom is 0.328 e. The number of rotatable bonds is 4. The molecule has 0 aliphatic carbocycles. The summed E-state index contributed by atoms with van der Waals surface area (Å²) >= 11 is 0. The predicted molar refractivity (Wildman–Crippen MR) is 74.1 cm³/mol. The Morgan fingerprint density at radius 2 is 2.20 bits per heavy atom. The summed E-state index contributed by atoms with van der Waals surface area (Å²) in [6.45, 7) is 3.37. The molecule has 0 bridgehead atoms. The summed E-state index contributed by atoms with van der Waals surface area (Å²) in [6.07, 6.45) is 2.68. The van der Waals surface area contributed by atoms with E-state index in [1.807, 2.05) is 0 Å². The van der Waals surface area contributed by atoms with E-state index in [2.05, 4.69) is 0 Å². The van der Waals surface area contributed by atoms with Crippen molar-refractivity contribution in [3.8, 4) is 11.5 Å². The van der Waals surface area contributed by atoms with Crippen molar-refractivity contribution < 1.29 is 24.5 Å². The van der Waals surface area contributed by atoms with Gasteiger partial charge < -0.3 is 19.7 Å². The van der Waals surface area contributed by atoms with Gasteiger partial charge in [0, 0.05) is 23.6 Å². The second kappa shape index (κ2) is 5.17. The molecule has 0 amide bonds. The molecular formula is C15H18O5. The van der Waals surface area contributed by atoms with Crippen LogP contribution < -0.4 is 9.47 Å². The minimum absolute atomic E-state index is 0.384. The maximum absolute atomic E-state index is 10.6. The number of benzene rings is 1. The third-order valence-electron chi connectivity index (χ3n) is 3.31. The molecule has 1 heterocycles. The normalized spacial score (nSPS) is 17.9. The van der Waals surface area contributed by atoms with Crippen LogP contribution in [0.25, 0.3) is 6.08 Å². The zero-order valence-electron chi connectivity index (χ0n) is 11.7. The van der Waals surface area contributed by atoms with Gasteiger partial charge in [-0.3, -0.25) is 0 Å². The Kier molecular flexibility index (Phi) is 3.72. The van der Waals surface area contributed by atoms with Crippen LogP contribution >= 0.6 is 0 Å². The molecule has 1 aromatic rings.